The van der Waals surface area contributed by atoms with Crippen LogP contribution < -0.4 is 0 Å². The fourth-order valence-electron chi connectivity index (χ4n) is 5.56. The molecule has 0 bridgehead atoms. The van der Waals surface area contributed by atoms with Gasteiger partial charge in [-0.25, -0.2) is 17.2 Å². The fourth-order valence-corrected chi connectivity index (χ4v) is 6.98. The summed E-state index contributed by atoms with van der Waals surface area (Å²) in [6.07, 6.45) is -0.392. The number of sulfone groups is 1. The van der Waals surface area contributed by atoms with Crippen LogP contribution in [0.15, 0.2) is 36.4 Å². The van der Waals surface area contributed by atoms with Gasteiger partial charge in [0.05, 0.1) is 11.5 Å². The first-order valence-corrected chi connectivity index (χ1v) is 16.7. The van der Waals surface area contributed by atoms with Crippen molar-refractivity contribution in [3.8, 4) is 5.75 Å². The van der Waals surface area contributed by atoms with Gasteiger partial charge in [0.1, 0.15) is 17.4 Å². The van der Waals surface area contributed by atoms with Crippen LogP contribution in [0, 0.1) is 11.6 Å². The average molecular weight is 652 g/mol. The van der Waals surface area contributed by atoms with Gasteiger partial charge in [-0.2, -0.15) is 22.0 Å². The third kappa shape index (κ3) is 10.8. The standard InChI is InChI=1S/C32H40F7NO3S/c1-40(16-6-7-17-44(42,43)18-14-31(35,36)32(37,38)39)15-5-3-2-4-10-30-28(24-19-25(33)22-26(34)20-24)11-8-9-23-21-27(41)12-13-29(23)30/h12-13,19-22,41H,2-11,14-18H2,1H3. The first-order chi connectivity index (χ1) is 20.6. The minimum Gasteiger partial charge on any atom is -0.508 e. The molecule has 0 saturated carbocycles. The molecule has 0 aromatic heterocycles. The number of benzene rings is 2. The van der Waals surface area contributed by atoms with E-state index in [1.165, 1.54) is 12.1 Å². The Morgan fingerprint density at radius 2 is 1.45 bits per heavy atom. The Hall–Kier alpha value is -2.60. The van der Waals surface area contributed by atoms with Crippen LogP contribution in [0.3, 0.4) is 0 Å². The second-order valence-electron chi connectivity index (χ2n) is 11.6. The zero-order valence-corrected chi connectivity index (χ0v) is 25.7. The second kappa shape index (κ2) is 15.6. The maximum absolute atomic E-state index is 14.1. The van der Waals surface area contributed by atoms with E-state index in [1.807, 2.05) is 18.0 Å². The quantitative estimate of drug-likeness (QED) is 0.146. The molecule has 0 fully saturated rings. The Labute approximate surface area is 254 Å². The highest BCUT2D eigenvalue weighted by atomic mass is 32.2. The minimum atomic E-state index is -5.76. The Bertz CT molecular complexity index is 1370. The number of aryl methyl sites for hydroxylation is 1. The lowest BCUT2D eigenvalue weighted by molar-refractivity contribution is -0.282. The molecule has 246 valence electrons. The van der Waals surface area contributed by atoms with Gasteiger partial charge in [-0.3, -0.25) is 0 Å². The Kier molecular flexibility index (Phi) is 12.7. The van der Waals surface area contributed by atoms with Crippen LogP contribution in [0.5, 0.6) is 5.75 Å². The summed E-state index contributed by atoms with van der Waals surface area (Å²) in [5.41, 5.74) is 4.50. The van der Waals surface area contributed by atoms with Gasteiger partial charge in [-0.1, -0.05) is 18.9 Å². The van der Waals surface area contributed by atoms with Gasteiger partial charge in [-0.05, 0) is 124 Å². The molecule has 4 nitrogen and oxygen atoms in total. The van der Waals surface area contributed by atoms with Crippen LogP contribution in [0.1, 0.15) is 80.9 Å². The minimum absolute atomic E-state index is 0.177. The van der Waals surface area contributed by atoms with Gasteiger partial charge >= 0.3 is 12.1 Å². The van der Waals surface area contributed by atoms with E-state index < -0.39 is 51.5 Å². The summed E-state index contributed by atoms with van der Waals surface area (Å²) in [4.78, 5) is 2.03. The van der Waals surface area contributed by atoms with Crippen LogP contribution in [0.2, 0.25) is 0 Å². The number of rotatable bonds is 16. The maximum Gasteiger partial charge on any atom is 0.453 e. The number of phenolic OH excluding ortho intramolecular Hbond substituents is 1. The summed E-state index contributed by atoms with van der Waals surface area (Å²) in [5.74, 6) is -7.74. The van der Waals surface area contributed by atoms with Crippen molar-refractivity contribution in [2.45, 2.75) is 82.7 Å². The lowest BCUT2D eigenvalue weighted by Gasteiger charge is -2.19. The summed E-state index contributed by atoms with van der Waals surface area (Å²) < 4.78 is 115. The molecule has 0 heterocycles. The van der Waals surface area contributed by atoms with Crippen molar-refractivity contribution in [2.75, 3.05) is 31.6 Å². The lowest BCUT2D eigenvalue weighted by Crippen LogP contribution is -2.38. The molecule has 2 aromatic rings. The molecule has 2 aromatic carbocycles. The monoisotopic (exact) mass is 651 g/mol. The molecule has 0 amide bonds. The smallest absolute Gasteiger partial charge is 0.453 e. The largest absolute Gasteiger partial charge is 0.508 e. The summed E-state index contributed by atoms with van der Waals surface area (Å²) >= 11 is 0. The molecule has 0 radical (unpaired) electrons. The molecule has 0 saturated heterocycles. The molecule has 0 spiro atoms. The highest BCUT2D eigenvalue weighted by Crippen LogP contribution is 2.40. The number of nitrogens with zero attached hydrogens (tertiary/aromatic N) is 1. The van der Waals surface area contributed by atoms with E-state index >= 15 is 0 Å². The maximum atomic E-state index is 14.1. The van der Waals surface area contributed by atoms with Crippen molar-refractivity contribution < 1.29 is 44.3 Å². The third-order valence-corrected chi connectivity index (χ3v) is 9.70. The van der Waals surface area contributed by atoms with Gasteiger partial charge in [-0.15, -0.1) is 0 Å². The Morgan fingerprint density at radius 3 is 2.11 bits per heavy atom. The lowest BCUT2D eigenvalue weighted by atomic mass is 9.89. The molecule has 0 atom stereocenters. The summed E-state index contributed by atoms with van der Waals surface area (Å²) in [6.45, 7) is 1.32. The normalized spacial score (nSPS) is 14.7. The van der Waals surface area contributed by atoms with E-state index in [4.69, 9.17) is 0 Å². The van der Waals surface area contributed by atoms with Crippen molar-refractivity contribution >= 4 is 21.0 Å². The number of halogens is 7. The molecule has 12 heteroatoms. The molecule has 0 unspecified atom stereocenters. The highest BCUT2D eigenvalue weighted by Gasteiger charge is 2.57. The van der Waals surface area contributed by atoms with Crippen LogP contribution in [0.4, 0.5) is 30.7 Å². The number of fused-ring (bicyclic) bond motifs is 1. The van der Waals surface area contributed by atoms with Gasteiger partial charge in [0, 0.05) is 12.5 Å². The van der Waals surface area contributed by atoms with Crippen molar-refractivity contribution in [3.05, 3.63) is 64.7 Å². The van der Waals surface area contributed by atoms with Gasteiger partial charge in [0.15, 0.2) is 9.84 Å². The predicted molar refractivity (Wildman–Crippen MR) is 158 cm³/mol. The summed E-state index contributed by atoms with van der Waals surface area (Å²) in [6, 6.07) is 8.84. The van der Waals surface area contributed by atoms with Gasteiger partial charge < -0.3 is 10.0 Å². The zero-order valence-electron chi connectivity index (χ0n) is 24.8. The van der Waals surface area contributed by atoms with Crippen LogP contribution in [-0.4, -0.2) is 62.2 Å². The number of alkyl halides is 5. The molecule has 3 rings (SSSR count). The number of hydrogen-bond donors (Lipinski definition) is 1. The second-order valence-corrected chi connectivity index (χ2v) is 13.9. The number of unbranched alkanes of at least 4 members (excludes halogenated alkanes) is 4. The number of aromatic hydroxyl groups is 1. The van der Waals surface area contributed by atoms with E-state index in [9.17, 15) is 44.3 Å². The Morgan fingerprint density at radius 1 is 0.818 bits per heavy atom. The SMILES string of the molecule is CN(CCCCCCC1=C(c2cc(F)cc(F)c2)CCCc2cc(O)ccc21)CCCCS(=O)(=O)CCC(F)(F)C(F)(F)F. The highest BCUT2D eigenvalue weighted by molar-refractivity contribution is 7.91. The van der Waals surface area contributed by atoms with Crippen molar-refractivity contribution in [3.63, 3.8) is 0 Å². The van der Waals surface area contributed by atoms with Crippen molar-refractivity contribution in [1.29, 1.82) is 0 Å². The van der Waals surface area contributed by atoms with E-state index in [0.29, 0.717) is 31.4 Å². The molecule has 44 heavy (non-hydrogen) atoms. The van der Waals surface area contributed by atoms with Crippen molar-refractivity contribution in [2.24, 2.45) is 0 Å². The summed E-state index contributed by atoms with van der Waals surface area (Å²) in [7, 11) is -2.13. The van der Waals surface area contributed by atoms with Crippen LogP contribution >= 0.6 is 0 Å². The molecule has 1 aliphatic rings. The molecule has 1 N–H and O–H groups in total. The topological polar surface area (TPSA) is 57.6 Å². The first-order valence-electron chi connectivity index (χ1n) is 14.9. The summed E-state index contributed by atoms with van der Waals surface area (Å²) in [5, 5.41) is 10.0. The van der Waals surface area contributed by atoms with E-state index in [2.05, 4.69) is 0 Å². The first kappa shape index (κ1) is 35.9. The zero-order chi connectivity index (χ0) is 32.5. The van der Waals surface area contributed by atoms with Crippen molar-refractivity contribution in [1.82, 2.24) is 4.90 Å². The van der Waals surface area contributed by atoms with E-state index in [0.717, 1.165) is 73.4 Å². The predicted octanol–water partition coefficient (Wildman–Crippen LogP) is 8.58. The number of phenols is 1. The number of hydrogen-bond acceptors (Lipinski definition) is 4. The Balaban J connectivity index is 1.45. The van der Waals surface area contributed by atoms with E-state index in [-0.39, 0.29) is 12.2 Å². The van der Waals surface area contributed by atoms with E-state index in [1.54, 1.807) is 12.1 Å². The average Bonchev–Trinajstić information content (AvgIpc) is 3.10. The molecular formula is C32H40F7NO3S. The molecular weight excluding hydrogens is 611 g/mol. The van der Waals surface area contributed by atoms with Crippen LogP contribution in [0.25, 0.3) is 11.1 Å². The third-order valence-electron chi connectivity index (χ3n) is 7.97. The molecule has 0 aliphatic heterocycles. The van der Waals surface area contributed by atoms with Gasteiger partial charge in [0.2, 0.25) is 0 Å². The fraction of sp³-hybridized carbons (Fsp3) is 0.562. The number of allylic oxidation sites excluding steroid dienone is 2. The van der Waals surface area contributed by atoms with Gasteiger partial charge in [0.25, 0.3) is 0 Å². The van der Waals surface area contributed by atoms with Crippen LogP contribution in [-0.2, 0) is 16.3 Å². The molecule has 1 aliphatic carbocycles.